The number of rotatable bonds is 8. The minimum Gasteiger partial charge on any atom is -0.344 e. The molecular formula is C30H27N5O3. The second-order valence-electron chi connectivity index (χ2n) is 9.16. The zero-order valence-corrected chi connectivity index (χ0v) is 20.7. The van der Waals surface area contributed by atoms with Gasteiger partial charge >= 0.3 is 11.8 Å². The lowest BCUT2D eigenvalue weighted by molar-refractivity contribution is -0.139. The number of hydrogen-bond acceptors (Lipinski definition) is 5. The van der Waals surface area contributed by atoms with Crippen molar-refractivity contribution in [3.8, 4) is 0 Å². The number of carbonyl (C=O) groups excluding carboxylic acids is 3. The molecule has 0 bridgehead atoms. The van der Waals surface area contributed by atoms with Crippen molar-refractivity contribution in [3.05, 3.63) is 114 Å². The maximum Gasteiger partial charge on any atom is 0.309 e. The lowest BCUT2D eigenvalue weighted by Crippen LogP contribution is -2.40. The minimum atomic E-state index is -0.778. The van der Waals surface area contributed by atoms with Crippen molar-refractivity contribution < 1.29 is 14.4 Å². The first kappa shape index (κ1) is 24.8. The Morgan fingerprint density at radius 1 is 0.816 bits per heavy atom. The van der Waals surface area contributed by atoms with E-state index in [1.807, 2.05) is 12.1 Å². The molecule has 3 amide bonds. The Balaban J connectivity index is 1.18. The van der Waals surface area contributed by atoms with Crippen LogP contribution < -0.4 is 16.0 Å². The van der Waals surface area contributed by atoms with Crippen LogP contribution in [0.25, 0.3) is 16.8 Å². The van der Waals surface area contributed by atoms with Crippen molar-refractivity contribution >= 4 is 34.6 Å². The van der Waals surface area contributed by atoms with Crippen LogP contribution in [0.3, 0.4) is 0 Å². The zero-order valence-electron chi connectivity index (χ0n) is 20.7. The van der Waals surface area contributed by atoms with Crippen LogP contribution in [-0.2, 0) is 21.7 Å². The van der Waals surface area contributed by atoms with Crippen LogP contribution in [0.4, 0.5) is 0 Å². The third-order valence-electron chi connectivity index (χ3n) is 6.55. The summed E-state index contributed by atoms with van der Waals surface area (Å²) in [6.07, 6.45) is 8.26. The number of amides is 3. The topological polar surface area (TPSA) is 113 Å². The molecule has 1 aliphatic carbocycles. The molecule has 1 heterocycles. The van der Waals surface area contributed by atoms with Crippen molar-refractivity contribution in [2.45, 2.75) is 24.9 Å². The van der Waals surface area contributed by atoms with Gasteiger partial charge in [-0.1, -0.05) is 60.7 Å². The maximum atomic E-state index is 13.3. The number of benzene rings is 3. The van der Waals surface area contributed by atoms with Gasteiger partial charge < -0.3 is 16.0 Å². The average Bonchev–Trinajstić information content (AvgIpc) is 3.74. The van der Waals surface area contributed by atoms with E-state index < -0.39 is 17.4 Å². The van der Waals surface area contributed by atoms with Crippen molar-refractivity contribution in [1.29, 1.82) is 0 Å². The van der Waals surface area contributed by atoms with Gasteiger partial charge in [0.25, 0.3) is 5.91 Å². The molecule has 3 aromatic carbocycles. The van der Waals surface area contributed by atoms with Crippen LogP contribution in [0.2, 0.25) is 0 Å². The molecule has 0 unspecified atom stereocenters. The Morgan fingerprint density at radius 2 is 1.53 bits per heavy atom. The Bertz CT molecular complexity index is 1510. The molecule has 8 nitrogen and oxygen atoms in total. The van der Waals surface area contributed by atoms with E-state index in [4.69, 9.17) is 0 Å². The molecule has 38 heavy (non-hydrogen) atoms. The number of carbonyl (C=O) groups is 3. The van der Waals surface area contributed by atoms with E-state index in [9.17, 15) is 14.4 Å². The molecule has 1 saturated carbocycles. The number of nitrogens with zero attached hydrogens (tertiary/aromatic N) is 2. The van der Waals surface area contributed by atoms with Crippen molar-refractivity contribution in [2.24, 2.45) is 0 Å². The summed E-state index contributed by atoms with van der Waals surface area (Å²) >= 11 is 0. The quantitative estimate of drug-likeness (QED) is 0.317. The van der Waals surface area contributed by atoms with Gasteiger partial charge in [-0.3, -0.25) is 14.4 Å². The third kappa shape index (κ3) is 5.75. The Labute approximate surface area is 220 Å². The maximum absolute atomic E-state index is 13.3. The highest BCUT2D eigenvalue weighted by atomic mass is 16.2. The molecule has 0 radical (unpaired) electrons. The van der Waals surface area contributed by atoms with Crippen LogP contribution in [0.15, 0.2) is 91.3 Å². The predicted octanol–water partition coefficient (Wildman–Crippen LogP) is 3.49. The highest BCUT2D eigenvalue weighted by molar-refractivity contribution is 6.35. The number of fused-ring (bicyclic) bond motifs is 1. The molecule has 5 rings (SSSR count). The van der Waals surface area contributed by atoms with Crippen molar-refractivity contribution in [2.75, 3.05) is 6.54 Å². The van der Waals surface area contributed by atoms with E-state index in [1.54, 1.807) is 54.9 Å². The molecular weight excluding hydrogens is 478 g/mol. The Kier molecular flexibility index (Phi) is 7.21. The lowest BCUT2D eigenvalue weighted by Gasteiger charge is -2.20. The number of hydrogen-bond donors (Lipinski definition) is 3. The van der Waals surface area contributed by atoms with Crippen molar-refractivity contribution in [1.82, 2.24) is 25.9 Å². The monoisotopic (exact) mass is 505 g/mol. The standard InChI is InChI=1S/C30H27N5O3/c36-27(35-30(14-15-30)24-13-12-21-7-1-2-8-22(21)19-24)25-10-4-3-9-23(25)20-34-29(38)28(37)33-16-5-11-26-31-17-6-18-32-26/h1-13,17-19H,14-16,20H2,(H,33,37)(H,34,38)(H,35,36)/b11-5+. The van der Waals surface area contributed by atoms with Gasteiger partial charge in [0.1, 0.15) is 0 Å². The highest BCUT2D eigenvalue weighted by Crippen LogP contribution is 2.46. The van der Waals surface area contributed by atoms with Crippen LogP contribution in [0, 0.1) is 0 Å². The second kappa shape index (κ2) is 11.0. The molecule has 0 atom stereocenters. The SMILES string of the molecule is O=C(NC/C=C/c1ncccn1)C(=O)NCc1ccccc1C(=O)NC1(c2ccc3ccccc3c2)CC1. The van der Waals surface area contributed by atoms with Crippen LogP contribution in [-0.4, -0.2) is 34.2 Å². The van der Waals surface area contributed by atoms with Gasteiger partial charge in [0, 0.05) is 31.0 Å². The average molecular weight is 506 g/mol. The van der Waals surface area contributed by atoms with E-state index in [-0.39, 0.29) is 19.0 Å². The highest BCUT2D eigenvalue weighted by Gasteiger charge is 2.46. The molecule has 4 aromatic rings. The first-order valence-electron chi connectivity index (χ1n) is 12.4. The summed E-state index contributed by atoms with van der Waals surface area (Å²) in [5, 5.41) is 10.6. The van der Waals surface area contributed by atoms with Gasteiger partial charge in [-0.15, -0.1) is 0 Å². The first-order chi connectivity index (χ1) is 18.5. The fraction of sp³-hybridized carbons (Fsp3) is 0.167. The van der Waals surface area contributed by atoms with Crippen LogP contribution in [0.1, 0.15) is 40.2 Å². The fourth-order valence-electron chi connectivity index (χ4n) is 4.33. The van der Waals surface area contributed by atoms with Gasteiger partial charge in [0.2, 0.25) is 0 Å². The summed E-state index contributed by atoms with van der Waals surface area (Å²) in [5.41, 5.74) is 1.78. The van der Waals surface area contributed by atoms with E-state index in [1.165, 1.54) is 0 Å². The summed E-state index contributed by atoms with van der Waals surface area (Å²) in [5.74, 6) is -1.24. The summed E-state index contributed by atoms with van der Waals surface area (Å²) in [7, 11) is 0. The number of nitrogens with one attached hydrogen (secondary N) is 3. The van der Waals surface area contributed by atoms with Gasteiger partial charge in [0.15, 0.2) is 5.82 Å². The van der Waals surface area contributed by atoms with E-state index in [0.29, 0.717) is 17.0 Å². The molecule has 0 spiro atoms. The van der Waals surface area contributed by atoms with E-state index in [2.05, 4.69) is 56.3 Å². The molecule has 1 aliphatic rings. The van der Waals surface area contributed by atoms with Crippen LogP contribution >= 0.6 is 0 Å². The zero-order chi connectivity index (χ0) is 26.4. The summed E-state index contributed by atoms with van der Waals surface area (Å²) in [6.45, 7) is 0.201. The summed E-state index contributed by atoms with van der Waals surface area (Å²) in [6, 6.07) is 23.2. The molecule has 1 fully saturated rings. The fourth-order valence-corrected chi connectivity index (χ4v) is 4.33. The lowest BCUT2D eigenvalue weighted by atomic mass is 9.99. The largest absolute Gasteiger partial charge is 0.344 e. The minimum absolute atomic E-state index is 0.0481. The molecule has 190 valence electrons. The first-order valence-corrected chi connectivity index (χ1v) is 12.4. The van der Waals surface area contributed by atoms with Gasteiger partial charge in [-0.2, -0.15) is 0 Å². The van der Waals surface area contributed by atoms with Gasteiger partial charge in [-0.25, -0.2) is 9.97 Å². The van der Waals surface area contributed by atoms with Crippen molar-refractivity contribution in [3.63, 3.8) is 0 Å². The van der Waals surface area contributed by atoms with Crippen LogP contribution in [0.5, 0.6) is 0 Å². The summed E-state index contributed by atoms with van der Waals surface area (Å²) in [4.78, 5) is 45.9. The molecule has 3 N–H and O–H groups in total. The summed E-state index contributed by atoms with van der Waals surface area (Å²) < 4.78 is 0. The molecule has 0 aliphatic heterocycles. The molecule has 0 saturated heterocycles. The molecule has 8 heteroatoms. The van der Waals surface area contributed by atoms with Gasteiger partial charge in [0.05, 0.1) is 5.54 Å². The number of aromatic nitrogens is 2. The Morgan fingerprint density at radius 3 is 2.32 bits per heavy atom. The Hall–Kier alpha value is -4.85. The normalized spacial score (nSPS) is 13.7. The molecule has 1 aromatic heterocycles. The predicted molar refractivity (Wildman–Crippen MR) is 145 cm³/mol. The van der Waals surface area contributed by atoms with E-state index >= 15 is 0 Å². The van der Waals surface area contributed by atoms with Gasteiger partial charge in [-0.05, 0) is 59.0 Å². The smallest absolute Gasteiger partial charge is 0.309 e. The van der Waals surface area contributed by atoms with E-state index in [0.717, 1.165) is 29.2 Å². The third-order valence-corrected chi connectivity index (χ3v) is 6.55. The second-order valence-corrected chi connectivity index (χ2v) is 9.16.